The zero-order chi connectivity index (χ0) is 13.8. The number of hydrogen-bond acceptors (Lipinski definition) is 3. The Morgan fingerprint density at radius 2 is 2.17 bits per heavy atom. The predicted molar refractivity (Wildman–Crippen MR) is 71.5 cm³/mol. The van der Waals surface area contributed by atoms with Gasteiger partial charge in [-0.1, -0.05) is 11.6 Å². The Morgan fingerprint density at radius 3 is 2.72 bits per heavy atom. The molecule has 0 amide bonds. The van der Waals surface area contributed by atoms with Crippen molar-refractivity contribution in [1.29, 1.82) is 0 Å². The Kier molecular flexibility index (Phi) is 5.80. The van der Waals surface area contributed by atoms with Crippen molar-refractivity contribution in [2.24, 2.45) is 0 Å². The van der Waals surface area contributed by atoms with Gasteiger partial charge in [-0.2, -0.15) is 13.1 Å². The lowest BCUT2D eigenvalue weighted by atomic mass is 10.3. The predicted octanol–water partition coefficient (Wildman–Crippen LogP) is 2.13. The summed E-state index contributed by atoms with van der Waals surface area (Å²) in [6.45, 7) is 0.349. The van der Waals surface area contributed by atoms with E-state index in [-0.39, 0.29) is 28.3 Å². The summed E-state index contributed by atoms with van der Waals surface area (Å²) in [6, 6.07) is 2.12. The Bertz CT molecular complexity index is 504. The third-order valence-electron chi connectivity index (χ3n) is 1.84. The SMILES string of the molecule is COCCNS(=O)(=O)Nc1c(Cl)cc(F)cc1Br. The maximum Gasteiger partial charge on any atom is 0.299 e. The second kappa shape index (κ2) is 6.67. The maximum absolute atomic E-state index is 13.0. The molecule has 0 aromatic heterocycles. The van der Waals surface area contributed by atoms with E-state index in [1.807, 2.05) is 0 Å². The minimum absolute atomic E-state index is 0.0426. The molecule has 1 aromatic carbocycles. The van der Waals surface area contributed by atoms with E-state index in [9.17, 15) is 12.8 Å². The Morgan fingerprint density at radius 1 is 1.50 bits per heavy atom. The third-order valence-corrected chi connectivity index (χ3v) is 3.82. The van der Waals surface area contributed by atoms with Crippen LogP contribution in [0.4, 0.5) is 10.1 Å². The molecular formula is C9H11BrClFN2O3S. The highest BCUT2D eigenvalue weighted by atomic mass is 79.9. The third kappa shape index (κ3) is 4.69. The maximum atomic E-state index is 13.0. The molecule has 0 fully saturated rings. The van der Waals surface area contributed by atoms with Crippen molar-refractivity contribution in [3.63, 3.8) is 0 Å². The molecule has 0 aliphatic heterocycles. The summed E-state index contributed by atoms with van der Waals surface area (Å²) in [6.07, 6.45) is 0. The topological polar surface area (TPSA) is 67.4 Å². The Balaban J connectivity index is 2.84. The number of anilines is 1. The van der Waals surface area contributed by atoms with Crippen LogP contribution in [0.2, 0.25) is 5.02 Å². The second-order valence-corrected chi connectivity index (χ2v) is 6.00. The molecule has 0 spiro atoms. The molecule has 0 radical (unpaired) electrons. The molecule has 5 nitrogen and oxygen atoms in total. The highest BCUT2D eigenvalue weighted by molar-refractivity contribution is 9.10. The minimum Gasteiger partial charge on any atom is -0.383 e. The molecular weight excluding hydrogens is 351 g/mol. The number of benzene rings is 1. The fraction of sp³-hybridized carbons (Fsp3) is 0.333. The van der Waals surface area contributed by atoms with Gasteiger partial charge in [0.25, 0.3) is 10.2 Å². The molecule has 0 aliphatic rings. The van der Waals surface area contributed by atoms with E-state index in [0.29, 0.717) is 0 Å². The molecule has 0 heterocycles. The molecule has 0 aliphatic carbocycles. The lowest BCUT2D eigenvalue weighted by Crippen LogP contribution is -2.32. The molecule has 102 valence electrons. The number of rotatable bonds is 6. The van der Waals surface area contributed by atoms with E-state index in [0.717, 1.165) is 12.1 Å². The molecule has 1 aromatic rings. The van der Waals surface area contributed by atoms with Crippen molar-refractivity contribution in [3.8, 4) is 0 Å². The highest BCUT2D eigenvalue weighted by Crippen LogP contribution is 2.32. The van der Waals surface area contributed by atoms with Gasteiger partial charge in [0, 0.05) is 18.1 Å². The van der Waals surface area contributed by atoms with Gasteiger partial charge < -0.3 is 4.74 Å². The zero-order valence-corrected chi connectivity index (χ0v) is 12.5. The van der Waals surface area contributed by atoms with E-state index < -0.39 is 16.0 Å². The van der Waals surface area contributed by atoms with Gasteiger partial charge in [0.1, 0.15) is 5.82 Å². The van der Waals surface area contributed by atoms with Crippen LogP contribution in [0.25, 0.3) is 0 Å². The summed E-state index contributed by atoms with van der Waals surface area (Å²) in [5.41, 5.74) is 0.0722. The van der Waals surface area contributed by atoms with Crippen LogP contribution in [0.1, 0.15) is 0 Å². The second-order valence-electron chi connectivity index (χ2n) is 3.24. The molecule has 0 bridgehead atoms. The van der Waals surface area contributed by atoms with Gasteiger partial charge in [-0.15, -0.1) is 0 Å². The van der Waals surface area contributed by atoms with Gasteiger partial charge in [-0.3, -0.25) is 4.72 Å². The first-order valence-electron chi connectivity index (χ1n) is 4.76. The number of halogens is 3. The lowest BCUT2D eigenvalue weighted by molar-refractivity contribution is 0.204. The summed E-state index contributed by atoms with van der Waals surface area (Å²) in [5, 5.41) is -0.0426. The summed E-state index contributed by atoms with van der Waals surface area (Å²) in [7, 11) is -2.33. The first-order chi connectivity index (χ1) is 8.35. The van der Waals surface area contributed by atoms with Crippen molar-refractivity contribution < 1.29 is 17.5 Å². The standard InChI is InChI=1S/C9H11BrClFN2O3S/c1-17-3-2-13-18(15,16)14-9-7(10)4-6(12)5-8(9)11/h4-5,13-14H,2-3H2,1H3. The number of nitrogens with one attached hydrogen (secondary N) is 2. The molecule has 9 heteroatoms. The van der Waals surface area contributed by atoms with Crippen molar-refractivity contribution in [1.82, 2.24) is 4.72 Å². The van der Waals surface area contributed by atoms with Gasteiger partial charge in [-0.05, 0) is 28.1 Å². The molecule has 18 heavy (non-hydrogen) atoms. The summed E-state index contributed by atoms with van der Waals surface area (Å²) < 4.78 is 45.6. The number of ether oxygens (including phenoxy) is 1. The Hall–Kier alpha value is -0.410. The average molecular weight is 362 g/mol. The molecule has 0 saturated heterocycles. The van der Waals surface area contributed by atoms with E-state index >= 15 is 0 Å². The normalized spacial score (nSPS) is 11.6. The monoisotopic (exact) mass is 360 g/mol. The van der Waals surface area contributed by atoms with E-state index in [1.165, 1.54) is 7.11 Å². The quantitative estimate of drug-likeness (QED) is 0.763. The van der Waals surface area contributed by atoms with Crippen LogP contribution in [-0.2, 0) is 14.9 Å². The first-order valence-corrected chi connectivity index (χ1v) is 7.42. The number of hydrogen-bond donors (Lipinski definition) is 2. The van der Waals surface area contributed by atoms with Gasteiger partial charge in [0.15, 0.2) is 0 Å². The molecule has 1 rings (SSSR count). The summed E-state index contributed by atoms with van der Waals surface area (Å²) in [4.78, 5) is 0. The van der Waals surface area contributed by atoms with E-state index in [4.69, 9.17) is 16.3 Å². The average Bonchev–Trinajstić information content (AvgIpc) is 2.23. The van der Waals surface area contributed by atoms with Crippen LogP contribution < -0.4 is 9.44 Å². The largest absolute Gasteiger partial charge is 0.383 e. The summed E-state index contributed by atoms with van der Waals surface area (Å²) >= 11 is 8.78. The van der Waals surface area contributed by atoms with Crippen molar-refractivity contribution in [3.05, 3.63) is 27.4 Å². The van der Waals surface area contributed by atoms with E-state index in [2.05, 4.69) is 25.4 Å². The minimum atomic E-state index is -3.78. The summed E-state index contributed by atoms with van der Waals surface area (Å²) in [5.74, 6) is -0.567. The van der Waals surface area contributed by atoms with Gasteiger partial charge >= 0.3 is 0 Å². The Labute approximate surface area is 118 Å². The van der Waals surface area contributed by atoms with Crippen LogP contribution in [0.3, 0.4) is 0 Å². The molecule has 2 N–H and O–H groups in total. The van der Waals surface area contributed by atoms with Gasteiger partial charge in [0.05, 0.1) is 17.3 Å². The highest BCUT2D eigenvalue weighted by Gasteiger charge is 2.15. The van der Waals surface area contributed by atoms with Crippen molar-refractivity contribution in [2.75, 3.05) is 25.0 Å². The molecule has 0 unspecified atom stereocenters. The zero-order valence-electron chi connectivity index (χ0n) is 9.34. The molecule has 0 saturated carbocycles. The van der Waals surface area contributed by atoms with Crippen LogP contribution in [0.5, 0.6) is 0 Å². The van der Waals surface area contributed by atoms with E-state index in [1.54, 1.807) is 0 Å². The van der Waals surface area contributed by atoms with Crippen LogP contribution in [0, 0.1) is 5.82 Å². The first kappa shape index (κ1) is 15.6. The van der Waals surface area contributed by atoms with Crippen LogP contribution in [0.15, 0.2) is 16.6 Å². The molecule has 0 atom stereocenters. The number of methoxy groups -OCH3 is 1. The van der Waals surface area contributed by atoms with Crippen LogP contribution >= 0.6 is 27.5 Å². The van der Waals surface area contributed by atoms with Crippen molar-refractivity contribution in [2.45, 2.75) is 0 Å². The van der Waals surface area contributed by atoms with Crippen molar-refractivity contribution >= 4 is 43.4 Å². The van der Waals surface area contributed by atoms with Gasteiger partial charge in [0.2, 0.25) is 0 Å². The van der Waals surface area contributed by atoms with Crippen LogP contribution in [-0.4, -0.2) is 28.7 Å². The fourth-order valence-corrected chi connectivity index (χ4v) is 3.09. The fourth-order valence-electron chi connectivity index (χ4n) is 1.09. The smallest absolute Gasteiger partial charge is 0.299 e. The van der Waals surface area contributed by atoms with Gasteiger partial charge in [-0.25, -0.2) is 4.39 Å². The lowest BCUT2D eigenvalue weighted by Gasteiger charge is -2.12.